The zero-order valence-electron chi connectivity index (χ0n) is 17.7. The number of benzene rings is 3. The van der Waals surface area contributed by atoms with Gasteiger partial charge in [-0.05, 0) is 68.3 Å². The summed E-state index contributed by atoms with van der Waals surface area (Å²) in [4.78, 5) is 21.3. The lowest BCUT2D eigenvalue weighted by Gasteiger charge is -2.09. The predicted octanol–water partition coefficient (Wildman–Crippen LogP) is 6.11. The molecule has 1 amide bonds. The van der Waals surface area contributed by atoms with Crippen molar-refractivity contribution in [3.63, 3.8) is 0 Å². The summed E-state index contributed by atoms with van der Waals surface area (Å²) >= 11 is 0. The maximum Gasteiger partial charge on any atom is 0.255 e. The average Bonchev–Trinajstić information content (AvgIpc) is 2.77. The molecular formula is C26H23N3O2. The lowest BCUT2D eigenvalue weighted by Crippen LogP contribution is -2.11. The standard InChI is InChI=1S/C26H23N3O2/c1-17-4-7-20(8-5-17)25-27-15-14-24(29-25)31-23-12-9-21(10-13-23)26(30)28-22-11-6-18(2)19(3)16-22/h4-16H,1-3H3,(H,28,30). The largest absolute Gasteiger partial charge is 0.439 e. The van der Waals surface area contributed by atoms with E-state index in [0.717, 1.165) is 16.8 Å². The molecule has 31 heavy (non-hydrogen) atoms. The maximum absolute atomic E-state index is 12.5. The highest BCUT2D eigenvalue weighted by molar-refractivity contribution is 6.04. The number of aryl methyl sites for hydroxylation is 3. The minimum atomic E-state index is -0.168. The van der Waals surface area contributed by atoms with E-state index in [1.165, 1.54) is 11.1 Å². The van der Waals surface area contributed by atoms with Gasteiger partial charge in [-0.2, -0.15) is 4.98 Å². The quantitative estimate of drug-likeness (QED) is 0.432. The Morgan fingerprint density at radius 3 is 2.29 bits per heavy atom. The third kappa shape index (κ3) is 4.95. The second-order valence-electron chi connectivity index (χ2n) is 7.46. The van der Waals surface area contributed by atoms with Crippen LogP contribution in [0.3, 0.4) is 0 Å². The Bertz CT molecular complexity index is 1220. The number of carbonyl (C=O) groups is 1. The van der Waals surface area contributed by atoms with Crippen molar-refractivity contribution in [3.05, 3.63) is 101 Å². The highest BCUT2D eigenvalue weighted by Gasteiger charge is 2.09. The Morgan fingerprint density at radius 1 is 0.839 bits per heavy atom. The minimum Gasteiger partial charge on any atom is -0.439 e. The van der Waals surface area contributed by atoms with Gasteiger partial charge in [0, 0.05) is 29.1 Å². The minimum absolute atomic E-state index is 0.168. The van der Waals surface area contributed by atoms with Crippen LogP contribution in [0.4, 0.5) is 5.69 Å². The van der Waals surface area contributed by atoms with Gasteiger partial charge in [-0.1, -0.05) is 35.9 Å². The summed E-state index contributed by atoms with van der Waals surface area (Å²) in [5.74, 6) is 1.47. The SMILES string of the molecule is Cc1ccc(-c2nccc(Oc3ccc(C(=O)Nc4ccc(C)c(C)c4)cc3)n2)cc1. The van der Waals surface area contributed by atoms with Gasteiger partial charge in [0.15, 0.2) is 5.82 Å². The summed E-state index contributed by atoms with van der Waals surface area (Å²) in [6.45, 7) is 6.10. The molecule has 0 saturated heterocycles. The van der Waals surface area contributed by atoms with E-state index in [-0.39, 0.29) is 5.91 Å². The summed E-state index contributed by atoms with van der Waals surface area (Å²) in [6.07, 6.45) is 1.67. The van der Waals surface area contributed by atoms with E-state index < -0.39 is 0 Å². The van der Waals surface area contributed by atoms with Crippen LogP contribution >= 0.6 is 0 Å². The molecule has 0 spiro atoms. The van der Waals surface area contributed by atoms with Gasteiger partial charge in [-0.15, -0.1) is 0 Å². The normalized spacial score (nSPS) is 10.5. The molecule has 0 unspecified atom stereocenters. The van der Waals surface area contributed by atoms with E-state index in [4.69, 9.17) is 4.74 Å². The van der Waals surface area contributed by atoms with Crippen molar-refractivity contribution in [2.24, 2.45) is 0 Å². The van der Waals surface area contributed by atoms with Gasteiger partial charge in [0.25, 0.3) is 5.91 Å². The summed E-state index contributed by atoms with van der Waals surface area (Å²) in [5.41, 5.74) is 5.75. The van der Waals surface area contributed by atoms with Gasteiger partial charge in [0.1, 0.15) is 5.75 Å². The lowest BCUT2D eigenvalue weighted by atomic mass is 10.1. The molecule has 0 aliphatic heterocycles. The smallest absolute Gasteiger partial charge is 0.255 e. The lowest BCUT2D eigenvalue weighted by molar-refractivity contribution is 0.102. The third-order valence-electron chi connectivity index (χ3n) is 5.04. The molecule has 4 aromatic rings. The van der Waals surface area contributed by atoms with Crippen LogP contribution in [0.25, 0.3) is 11.4 Å². The number of aromatic nitrogens is 2. The van der Waals surface area contributed by atoms with Crippen molar-refractivity contribution in [3.8, 4) is 23.0 Å². The summed E-state index contributed by atoms with van der Waals surface area (Å²) in [7, 11) is 0. The molecule has 0 aliphatic rings. The van der Waals surface area contributed by atoms with Crippen LogP contribution in [-0.2, 0) is 0 Å². The van der Waals surface area contributed by atoms with Gasteiger partial charge in [0.2, 0.25) is 5.88 Å². The van der Waals surface area contributed by atoms with E-state index in [0.29, 0.717) is 23.0 Å². The Balaban J connectivity index is 1.45. The highest BCUT2D eigenvalue weighted by atomic mass is 16.5. The molecule has 0 atom stereocenters. The molecule has 0 radical (unpaired) electrons. The Morgan fingerprint density at radius 2 is 1.58 bits per heavy atom. The number of nitrogens with zero attached hydrogens (tertiary/aromatic N) is 2. The van der Waals surface area contributed by atoms with Crippen LogP contribution in [0.15, 0.2) is 79.0 Å². The molecule has 4 rings (SSSR count). The fraction of sp³-hybridized carbons (Fsp3) is 0.115. The predicted molar refractivity (Wildman–Crippen MR) is 123 cm³/mol. The second-order valence-corrected chi connectivity index (χ2v) is 7.46. The Kier molecular flexibility index (Phi) is 5.76. The van der Waals surface area contributed by atoms with Crippen molar-refractivity contribution >= 4 is 11.6 Å². The van der Waals surface area contributed by atoms with Crippen molar-refractivity contribution < 1.29 is 9.53 Å². The zero-order chi connectivity index (χ0) is 21.8. The van der Waals surface area contributed by atoms with E-state index in [2.05, 4.69) is 15.3 Å². The van der Waals surface area contributed by atoms with Crippen molar-refractivity contribution in [1.82, 2.24) is 9.97 Å². The van der Waals surface area contributed by atoms with Crippen LogP contribution < -0.4 is 10.1 Å². The first-order valence-electron chi connectivity index (χ1n) is 10.0. The summed E-state index contributed by atoms with van der Waals surface area (Å²) in [6, 6.07) is 22.5. The molecule has 0 fully saturated rings. The first kappa shape index (κ1) is 20.3. The molecule has 5 nitrogen and oxygen atoms in total. The van der Waals surface area contributed by atoms with Crippen LogP contribution in [-0.4, -0.2) is 15.9 Å². The fourth-order valence-corrected chi connectivity index (χ4v) is 3.06. The number of rotatable bonds is 5. The zero-order valence-corrected chi connectivity index (χ0v) is 17.7. The number of hydrogen-bond acceptors (Lipinski definition) is 4. The molecule has 154 valence electrons. The van der Waals surface area contributed by atoms with Crippen LogP contribution in [0.5, 0.6) is 11.6 Å². The molecule has 0 bridgehead atoms. The molecular weight excluding hydrogens is 386 g/mol. The van der Waals surface area contributed by atoms with Gasteiger partial charge < -0.3 is 10.1 Å². The molecule has 0 saturated carbocycles. The van der Waals surface area contributed by atoms with Crippen LogP contribution in [0.1, 0.15) is 27.0 Å². The first-order valence-corrected chi connectivity index (χ1v) is 10.0. The monoisotopic (exact) mass is 409 g/mol. The van der Waals surface area contributed by atoms with E-state index in [9.17, 15) is 4.79 Å². The summed E-state index contributed by atoms with van der Waals surface area (Å²) < 4.78 is 5.86. The van der Waals surface area contributed by atoms with Gasteiger partial charge in [-0.3, -0.25) is 4.79 Å². The van der Waals surface area contributed by atoms with Gasteiger partial charge >= 0.3 is 0 Å². The topological polar surface area (TPSA) is 64.1 Å². The molecule has 3 aromatic carbocycles. The number of nitrogens with one attached hydrogen (secondary N) is 1. The molecule has 1 aromatic heterocycles. The molecule has 5 heteroatoms. The molecule has 1 heterocycles. The average molecular weight is 409 g/mol. The highest BCUT2D eigenvalue weighted by Crippen LogP contribution is 2.23. The van der Waals surface area contributed by atoms with Crippen molar-refractivity contribution in [2.45, 2.75) is 20.8 Å². The van der Waals surface area contributed by atoms with Crippen molar-refractivity contribution in [1.29, 1.82) is 0 Å². The van der Waals surface area contributed by atoms with Crippen LogP contribution in [0, 0.1) is 20.8 Å². The van der Waals surface area contributed by atoms with Gasteiger partial charge in [0.05, 0.1) is 0 Å². The number of anilines is 1. The third-order valence-corrected chi connectivity index (χ3v) is 5.04. The maximum atomic E-state index is 12.5. The van der Waals surface area contributed by atoms with E-state index >= 15 is 0 Å². The first-order chi connectivity index (χ1) is 15.0. The van der Waals surface area contributed by atoms with E-state index in [1.54, 1.807) is 36.5 Å². The number of amides is 1. The van der Waals surface area contributed by atoms with Crippen LogP contribution in [0.2, 0.25) is 0 Å². The number of ether oxygens (including phenoxy) is 1. The van der Waals surface area contributed by atoms with Crippen molar-refractivity contribution in [2.75, 3.05) is 5.32 Å². The Hall–Kier alpha value is -3.99. The summed E-state index contributed by atoms with van der Waals surface area (Å²) in [5, 5.41) is 2.92. The fourth-order valence-electron chi connectivity index (χ4n) is 3.06. The molecule has 1 N–H and O–H groups in total. The second kappa shape index (κ2) is 8.79. The number of hydrogen-bond donors (Lipinski definition) is 1. The Labute approximate surface area is 181 Å². The molecule has 0 aliphatic carbocycles. The van der Waals surface area contributed by atoms with Gasteiger partial charge in [-0.25, -0.2) is 4.98 Å². The van der Waals surface area contributed by atoms with E-state index in [1.807, 2.05) is 63.2 Å². The number of carbonyl (C=O) groups excluding carboxylic acids is 1.